The predicted molar refractivity (Wildman–Crippen MR) is 91.9 cm³/mol. The van der Waals surface area contributed by atoms with E-state index in [4.69, 9.17) is 4.74 Å². The molecule has 0 N–H and O–H groups in total. The molecule has 135 valence electrons. The Labute approximate surface area is 147 Å². The zero-order valence-corrected chi connectivity index (χ0v) is 14.9. The molecular weight excluding hydrogens is 324 g/mol. The molecule has 1 aliphatic heterocycles. The Balaban J connectivity index is 2.07. The number of rotatable bonds is 4. The van der Waals surface area contributed by atoms with Crippen molar-refractivity contribution in [3.05, 3.63) is 46.0 Å². The SMILES string of the molecule is CC1(C)CC(OC(=O)/C=C/c2ccccc2[N+](=O)[O-])CC(C)(C)N1[O]. The lowest BCUT2D eigenvalue weighted by molar-refractivity contribution is -0.385. The van der Waals surface area contributed by atoms with E-state index in [0.717, 1.165) is 5.06 Å². The van der Waals surface area contributed by atoms with Crippen molar-refractivity contribution in [3.63, 3.8) is 0 Å². The Morgan fingerprint density at radius 2 is 1.80 bits per heavy atom. The van der Waals surface area contributed by atoms with Gasteiger partial charge in [-0.05, 0) is 39.8 Å². The highest BCUT2D eigenvalue weighted by Crippen LogP contribution is 2.38. The van der Waals surface area contributed by atoms with Gasteiger partial charge in [-0.3, -0.25) is 10.1 Å². The molecule has 7 heteroatoms. The normalized spacial score (nSPS) is 20.5. The number of hydrogen-bond donors (Lipinski definition) is 0. The van der Waals surface area contributed by atoms with Crippen LogP contribution in [0.4, 0.5) is 5.69 Å². The van der Waals surface area contributed by atoms with E-state index in [9.17, 15) is 20.1 Å². The first-order chi connectivity index (χ1) is 11.5. The lowest BCUT2D eigenvalue weighted by Gasteiger charge is -2.49. The van der Waals surface area contributed by atoms with Gasteiger partial charge in [0.15, 0.2) is 0 Å². The molecule has 0 aliphatic carbocycles. The molecule has 0 amide bonds. The minimum Gasteiger partial charge on any atom is -0.459 e. The second-order valence-corrected chi connectivity index (χ2v) is 7.54. The number of nitrogens with zero attached hydrogens (tertiary/aromatic N) is 2. The fourth-order valence-electron chi connectivity index (χ4n) is 3.41. The number of hydroxylamine groups is 2. The number of ether oxygens (including phenoxy) is 1. The third kappa shape index (κ3) is 4.43. The van der Waals surface area contributed by atoms with Crippen LogP contribution in [-0.4, -0.2) is 33.1 Å². The maximum atomic E-state index is 12.3. The summed E-state index contributed by atoms with van der Waals surface area (Å²) in [5.41, 5.74) is -1.00. The van der Waals surface area contributed by atoms with E-state index in [1.54, 1.807) is 18.2 Å². The highest BCUT2D eigenvalue weighted by Gasteiger charge is 2.47. The summed E-state index contributed by atoms with van der Waals surface area (Å²) in [5, 5.41) is 24.4. The summed E-state index contributed by atoms with van der Waals surface area (Å²) in [7, 11) is 0. The summed E-state index contributed by atoms with van der Waals surface area (Å²) in [5.74, 6) is -0.575. The maximum absolute atomic E-state index is 12.3. The molecule has 25 heavy (non-hydrogen) atoms. The zero-order valence-electron chi connectivity index (χ0n) is 14.9. The van der Waals surface area contributed by atoms with Crippen LogP contribution < -0.4 is 0 Å². The van der Waals surface area contributed by atoms with Crippen molar-refractivity contribution in [2.45, 2.75) is 57.7 Å². The van der Waals surface area contributed by atoms with Crippen LogP contribution >= 0.6 is 0 Å². The van der Waals surface area contributed by atoms with Gasteiger partial charge in [0.2, 0.25) is 0 Å². The summed E-state index contributed by atoms with van der Waals surface area (Å²) in [6, 6.07) is 6.16. The molecule has 2 rings (SSSR count). The molecular formula is C18H23N2O5. The van der Waals surface area contributed by atoms with Crippen LogP contribution in [0.3, 0.4) is 0 Å². The Kier molecular flexibility index (Phi) is 5.29. The summed E-state index contributed by atoms with van der Waals surface area (Å²) in [4.78, 5) is 22.6. The van der Waals surface area contributed by atoms with Crippen LogP contribution in [0.2, 0.25) is 0 Å². The Bertz CT molecular complexity index is 678. The van der Waals surface area contributed by atoms with Crippen LogP contribution in [0.5, 0.6) is 0 Å². The van der Waals surface area contributed by atoms with E-state index < -0.39 is 22.0 Å². The van der Waals surface area contributed by atoms with Gasteiger partial charge in [0.05, 0.1) is 10.5 Å². The van der Waals surface area contributed by atoms with E-state index in [2.05, 4.69) is 0 Å². The van der Waals surface area contributed by atoms with Crippen molar-refractivity contribution in [3.8, 4) is 0 Å². The molecule has 0 spiro atoms. The van der Waals surface area contributed by atoms with Gasteiger partial charge in [0, 0.05) is 36.1 Å². The summed E-state index contributed by atoms with van der Waals surface area (Å²) < 4.78 is 5.47. The van der Waals surface area contributed by atoms with Crippen LogP contribution in [0.25, 0.3) is 6.08 Å². The molecule has 1 fully saturated rings. The molecule has 1 aromatic rings. The molecule has 1 heterocycles. The molecule has 1 aliphatic rings. The van der Waals surface area contributed by atoms with Gasteiger partial charge >= 0.3 is 5.97 Å². The first-order valence-electron chi connectivity index (χ1n) is 8.12. The van der Waals surface area contributed by atoms with E-state index in [1.807, 2.05) is 27.7 Å². The molecule has 0 unspecified atom stereocenters. The quantitative estimate of drug-likeness (QED) is 0.359. The molecule has 0 aromatic heterocycles. The third-order valence-corrected chi connectivity index (χ3v) is 4.37. The number of carbonyl (C=O) groups excluding carboxylic acids is 1. The average Bonchev–Trinajstić information content (AvgIpc) is 2.50. The Morgan fingerprint density at radius 1 is 1.24 bits per heavy atom. The van der Waals surface area contributed by atoms with E-state index in [1.165, 1.54) is 18.2 Å². The number of esters is 1. The molecule has 0 bridgehead atoms. The number of para-hydroxylation sites is 1. The van der Waals surface area contributed by atoms with Gasteiger partial charge in [-0.2, -0.15) is 0 Å². The van der Waals surface area contributed by atoms with E-state index >= 15 is 0 Å². The van der Waals surface area contributed by atoms with Crippen molar-refractivity contribution >= 4 is 17.7 Å². The van der Waals surface area contributed by atoms with Crippen molar-refractivity contribution < 1.29 is 19.7 Å². The van der Waals surface area contributed by atoms with E-state index in [-0.39, 0.29) is 11.8 Å². The first kappa shape index (κ1) is 19.1. The average molecular weight is 347 g/mol. The Hall–Kier alpha value is -2.25. The maximum Gasteiger partial charge on any atom is 0.331 e. The van der Waals surface area contributed by atoms with Gasteiger partial charge in [-0.25, -0.2) is 4.79 Å². The van der Waals surface area contributed by atoms with Gasteiger partial charge < -0.3 is 4.74 Å². The molecule has 1 aromatic carbocycles. The van der Waals surface area contributed by atoms with Crippen molar-refractivity contribution in [1.29, 1.82) is 0 Å². The topological polar surface area (TPSA) is 92.6 Å². The number of hydrogen-bond acceptors (Lipinski definition) is 5. The molecule has 7 nitrogen and oxygen atoms in total. The summed E-state index contributed by atoms with van der Waals surface area (Å²) in [6.45, 7) is 7.30. The lowest BCUT2D eigenvalue weighted by atomic mass is 9.80. The second-order valence-electron chi connectivity index (χ2n) is 7.54. The minimum atomic E-state index is -0.630. The standard InChI is InChI=1S/C18H23N2O5/c1-17(2)11-14(12-18(3,4)20(17)24)25-16(21)10-9-13-7-5-6-8-15(13)19(22)23/h5-10,14H,11-12H2,1-4H3/b10-9+. The summed E-state index contributed by atoms with van der Waals surface area (Å²) in [6.07, 6.45) is 3.06. The van der Waals surface area contributed by atoms with Gasteiger partial charge in [-0.15, -0.1) is 10.3 Å². The zero-order chi connectivity index (χ0) is 18.8. The summed E-state index contributed by atoms with van der Waals surface area (Å²) >= 11 is 0. The third-order valence-electron chi connectivity index (χ3n) is 4.37. The lowest BCUT2D eigenvalue weighted by Crippen LogP contribution is -2.60. The van der Waals surface area contributed by atoms with Gasteiger partial charge in [0.25, 0.3) is 5.69 Å². The minimum absolute atomic E-state index is 0.0755. The molecule has 0 atom stereocenters. The van der Waals surface area contributed by atoms with Crippen molar-refractivity contribution in [1.82, 2.24) is 5.06 Å². The Morgan fingerprint density at radius 3 is 2.36 bits per heavy atom. The van der Waals surface area contributed by atoms with Crippen LogP contribution in [0.1, 0.15) is 46.1 Å². The number of nitro groups is 1. The number of piperidine rings is 1. The fourth-order valence-corrected chi connectivity index (χ4v) is 3.41. The number of benzene rings is 1. The first-order valence-corrected chi connectivity index (χ1v) is 8.12. The van der Waals surface area contributed by atoms with Crippen LogP contribution in [0, 0.1) is 10.1 Å². The van der Waals surface area contributed by atoms with Crippen LogP contribution in [0.15, 0.2) is 30.3 Å². The van der Waals surface area contributed by atoms with Crippen molar-refractivity contribution in [2.24, 2.45) is 0 Å². The second kappa shape index (κ2) is 6.93. The fraction of sp³-hybridized carbons (Fsp3) is 0.500. The molecule has 0 saturated carbocycles. The highest BCUT2D eigenvalue weighted by atomic mass is 16.6. The van der Waals surface area contributed by atoms with Gasteiger partial charge in [-0.1, -0.05) is 12.1 Å². The molecule has 1 radical (unpaired) electrons. The smallest absolute Gasteiger partial charge is 0.331 e. The van der Waals surface area contributed by atoms with E-state index in [0.29, 0.717) is 18.4 Å². The van der Waals surface area contributed by atoms with Crippen LogP contribution in [-0.2, 0) is 14.7 Å². The molecule has 1 saturated heterocycles. The number of nitro benzene ring substituents is 1. The number of carbonyl (C=O) groups is 1. The monoisotopic (exact) mass is 347 g/mol. The van der Waals surface area contributed by atoms with Gasteiger partial charge in [0.1, 0.15) is 6.10 Å². The highest BCUT2D eigenvalue weighted by molar-refractivity contribution is 5.88. The van der Waals surface area contributed by atoms with Crippen molar-refractivity contribution in [2.75, 3.05) is 0 Å². The largest absolute Gasteiger partial charge is 0.459 e. The predicted octanol–water partition coefficient (Wildman–Crippen LogP) is 3.52.